The van der Waals surface area contributed by atoms with Crippen LogP contribution in [0.2, 0.25) is 9.36 Å². The molecule has 0 amide bonds. The number of thiophene rings is 1. The lowest BCUT2D eigenvalue weighted by Gasteiger charge is -2.02. The zero-order chi connectivity index (χ0) is 14.8. The van der Waals surface area contributed by atoms with Crippen molar-refractivity contribution in [1.29, 1.82) is 0 Å². The zero-order valence-corrected chi connectivity index (χ0v) is 13.1. The van der Waals surface area contributed by atoms with E-state index in [0.29, 0.717) is 27.2 Å². The third-order valence-corrected chi connectivity index (χ3v) is 4.32. The Hall–Kier alpha value is -1.62. The van der Waals surface area contributed by atoms with E-state index in [2.05, 4.69) is 5.10 Å². The van der Waals surface area contributed by atoms with Gasteiger partial charge in [-0.15, -0.1) is 11.3 Å². The summed E-state index contributed by atoms with van der Waals surface area (Å²) in [6, 6.07) is 9.37. The summed E-state index contributed by atoms with van der Waals surface area (Å²) in [4.78, 5) is 11.2. The standard InChI is InChI=1S/C15H10Cl2N2OS/c16-13-3-1-2-10(4-13)6-19-7-12(8-20)15(18-19)11-5-14(17)21-9-11/h1-5,7-9H,6H2. The van der Waals surface area contributed by atoms with Crippen LogP contribution in [0.25, 0.3) is 11.3 Å². The molecule has 0 atom stereocenters. The van der Waals surface area contributed by atoms with Crippen molar-refractivity contribution in [2.45, 2.75) is 6.54 Å². The fourth-order valence-corrected chi connectivity index (χ4v) is 3.16. The van der Waals surface area contributed by atoms with Crippen molar-refractivity contribution in [3.63, 3.8) is 0 Å². The smallest absolute Gasteiger partial charge is 0.153 e. The zero-order valence-electron chi connectivity index (χ0n) is 10.8. The number of nitrogens with zero attached hydrogens (tertiary/aromatic N) is 2. The molecule has 21 heavy (non-hydrogen) atoms. The van der Waals surface area contributed by atoms with Crippen LogP contribution in [0.15, 0.2) is 41.9 Å². The highest BCUT2D eigenvalue weighted by atomic mass is 35.5. The molecule has 0 aliphatic heterocycles. The Morgan fingerprint density at radius 2 is 2.14 bits per heavy atom. The van der Waals surface area contributed by atoms with E-state index in [1.807, 2.05) is 35.7 Å². The second kappa shape index (κ2) is 6.02. The summed E-state index contributed by atoms with van der Waals surface area (Å²) in [5, 5.41) is 7.05. The largest absolute Gasteiger partial charge is 0.298 e. The summed E-state index contributed by atoms with van der Waals surface area (Å²) in [7, 11) is 0. The molecule has 3 rings (SSSR count). The normalized spacial score (nSPS) is 10.8. The molecular weight excluding hydrogens is 327 g/mol. The molecule has 3 nitrogen and oxygen atoms in total. The van der Waals surface area contributed by atoms with Gasteiger partial charge in [-0.05, 0) is 23.8 Å². The number of rotatable bonds is 4. The number of aromatic nitrogens is 2. The van der Waals surface area contributed by atoms with Gasteiger partial charge >= 0.3 is 0 Å². The quantitative estimate of drug-likeness (QED) is 0.642. The molecule has 0 unspecified atom stereocenters. The first-order chi connectivity index (χ1) is 10.2. The van der Waals surface area contributed by atoms with Crippen LogP contribution < -0.4 is 0 Å². The van der Waals surface area contributed by atoms with Crippen molar-refractivity contribution in [3.8, 4) is 11.3 Å². The SMILES string of the molecule is O=Cc1cn(Cc2cccc(Cl)c2)nc1-c1csc(Cl)c1. The highest BCUT2D eigenvalue weighted by Gasteiger charge is 2.12. The first kappa shape index (κ1) is 14.3. The van der Waals surface area contributed by atoms with Crippen LogP contribution in [0.4, 0.5) is 0 Å². The summed E-state index contributed by atoms with van der Waals surface area (Å²) in [5.74, 6) is 0. The molecule has 3 aromatic rings. The number of aldehydes is 1. The Balaban J connectivity index is 1.94. The fraction of sp³-hybridized carbons (Fsp3) is 0.0667. The minimum atomic E-state index is 0.548. The van der Waals surface area contributed by atoms with Gasteiger partial charge in [0.2, 0.25) is 0 Å². The maximum absolute atomic E-state index is 11.2. The highest BCUT2D eigenvalue weighted by Crippen LogP contribution is 2.29. The first-order valence-corrected chi connectivity index (χ1v) is 7.81. The van der Waals surface area contributed by atoms with Gasteiger partial charge in [0.15, 0.2) is 6.29 Å². The lowest BCUT2D eigenvalue weighted by atomic mass is 10.2. The number of carbonyl (C=O) groups excluding carboxylic acids is 1. The Morgan fingerprint density at radius 1 is 1.29 bits per heavy atom. The van der Waals surface area contributed by atoms with Gasteiger partial charge in [-0.3, -0.25) is 9.48 Å². The van der Waals surface area contributed by atoms with Crippen molar-refractivity contribution >= 4 is 40.8 Å². The van der Waals surface area contributed by atoms with Gasteiger partial charge in [0, 0.05) is 22.2 Å². The molecule has 0 radical (unpaired) electrons. The van der Waals surface area contributed by atoms with E-state index in [-0.39, 0.29) is 0 Å². The summed E-state index contributed by atoms with van der Waals surface area (Å²) >= 11 is 13.3. The van der Waals surface area contributed by atoms with Crippen LogP contribution in [-0.4, -0.2) is 16.1 Å². The molecule has 0 N–H and O–H groups in total. The Kier molecular flexibility index (Phi) is 4.10. The minimum absolute atomic E-state index is 0.548. The maximum Gasteiger partial charge on any atom is 0.153 e. The molecule has 0 spiro atoms. The van der Waals surface area contributed by atoms with Gasteiger partial charge in [0.1, 0.15) is 5.69 Å². The van der Waals surface area contributed by atoms with Gasteiger partial charge in [-0.25, -0.2) is 0 Å². The number of carbonyl (C=O) groups is 1. The van der Waals surface area contributed by atoms with Crippen LogP contribution in [0.1, 0.15) is 15.9 Å². The first-order valence-electron chi connectivity index (χ1n) is 6.17. The molecular formula is C15H10Cl2N2OS. The maximum atomic E-state index is 11.2. The predicted molar refractivity (Wildman–Crippen MR) is 86.5 cm³/mol. The molecule has 106 valence electrons. The molecule has 0 bridgehead atoms. The molecule has 0 saturated carbocycles. The van der Waals surface area contributed by atoms with E-state index in [0.717, 1.165) is 17.4 Å². The van der Waals surface area contributed by atoms with Gasteiger partial charge in [0.25, 0.3) is 0 Å². The van der Waals surface area contributed by atoms with E-state index in [1.54, 1.807) is 10.9 Å². The molecule has 0 aliphatic rings. The van der Waals surface area contributed by atoms with Crippen molar-refractivity contribution < 1.29 is 4.79 Å². The molecule has 0 saturated heterocycles. The Bertz CT molecular complexity index is 795. The lowest BCUT2D eigenvalue weighted by molar-refractivity contribution is 0.112. The van der Waals surface area contributed by atoms with E-state index in [1.165, 1.54) is 11.3 Å². The summed E-state index contributed by atoms with van der Waals surface area (Å²) < 4.78 is 2.40. The second-order valence-corrected chi connectivity index (χ2v) is 6.50. The van der Waals surface area contributed by atoms with E-state index in [4.69, 9.17) is 23.2 Å². The highest BCUT2D eigenvalue weighted by molar-refractivity contribution is 7.14. The van der Waals surface area contributed by atoms with Gasteiger partial charge in [0.05, 0.1) is 16.4 Å². The van der Waals surface area contributed by atoms with E-state index < -0.39 is 0 Å². The molecule has 0 fully saturated rings. The van der Waals surface area contributed by atoms with Gasteiger partial charge in [-0.2, -0.15) is 5.10 Å². The minimum Gasteiger partial charge on any atom is -0.298 e. The summed E-state index contributed by atoms with van der Waals surface area (Å²) in [6.07, 6.45) is 2.54. The topological polar surface area (TPSA) is 34.9 Å². The number of halogens is 2. The van der Waals surface area contributed by atoms with Gasteiger partial charge in [-0.1, -0.05) is 35.3 Å². The number of benzene rings is 1. The number of hydrogen-bond acceptors (Lipinski definition) is 3. The molecule has 2 aromatic heterocycles. The predicted octanol–water partition coefficient (Wildman–Crippen LogP) is 4.78. The number of hydrogen-bond donors (Lipinski definition) is 0. The van der Waals surface area contributed by atoms with Crippen LogP contribution in [0.5, 0.6) is 0 Å². The third-order valence-electron chi connectivity index (χ3n) is 2.99. The molecule has 1 aromatic carbocycles. The third kappa shape index (κ3) is 3.18. The van der Waals surface area contributed by atoms with Crippen molar-refractivity contribution in [3.05, 3.63) is 62.4 Å². The summed E-state index contributed by atoms with van der Waals surface area (Å²) in [5.41, 5.74) is 3.08. The average Bonchev–Trinajstić information content (AvgIpc) is 3.05. The van der Waals surface area contributed by atoms with Crippen LogP contribution in [0.3, 0.4) is 0 Å². The summed E-state index contributed by atoms with van der Waals surface area (Å²) in [6.45, 7) is 0.555. The van der Waals surface area contributed by atoms with E-state index >= 15 is 0 Å². The Morgan fingerprint density at radius 3 is 2.81 bits per heavy atom. The van der Waals surface area contributed by atoms with E-state index in [9.17, 15) is 4.79 Å². The molecule has 0 aliphatic carbocycles. The average molecular weight is 337 g/mol. The second-order valence-electron chi connectivity index (χ2n) is 4.52. The monoisotopic (exact) mass is 336 g/mol. The van der Waals surface area contributed by atoms with Crippen LogP contribution in [-0.2, 0) is 6.54 Å². The van der Waals surface area contributed by atoms with Crippen molar-refractivity contribution in [1.82, 2.24) is 9.78 Å². The lowest BCUT2D eigenvalue weighted by Crippen LogP contribution is -2.00. The fourth-order valence-electron chi connectivity index (χ4n) is 2.09. The van der Waals surface area contributed by atoms with Gasteiger partial charge < -0.3 is 0 Å². The molecule has 6 heteroatoms. The van der Waals surface area contributed by atoms with Crippen LogP contribution >= 0.6 is 34.5 Å². The van der Waals surface area contributed by atoms with Crippen LogP contribution in [0, 0.1) is 0 Å². The van der Waals surface area contributed by atoms with Crippen molar-refractivity contribution in [2.24, 2.45) is 0 Å². The Labute approximate surface area is 135 Å². The van der Waals surface area contributed by atoms with Crippen molar-refractivity contribution in [2.75, 3.05) is 0 Å². The molecule has 2 heterocycles.